The zero-order chi connectivity index (χ0) is 16.4. The second-order valence-electron chi connectivity index (χ2n) is 5.38. The van der Waals surface area contributed by atoms with Crippen molar-refractivity contribution in [1.29, 1.82) is 0 Å². The molecular weight excluding hydrogens is 304 g/mol. The van der Waals surface area contributed by atoms with Crippen molar-refractivity contribution in [2.45, 2.75) is 26.9 Å². The summed E-state index contributed by atoms with van der Waals surface area (Å²) in [7, 11) is -3.36. The average molecular weight is 328 g/mol. The summed E-state index contributed by atoms with van der Waals surface area (Å²) in [4.78, 5) is 11.5. The minimum atomic E-state index is -3.36. The highest BCUT2D eigenvalue weighted by molar-refractivity contribution is 7.89. The van der Waals surface area contributed by atoms with Gasteiger partial charge in [-0.25, -0.2) is 17.9 Å². The molecule has 0 saturated heterocycles. The minimum Gasteiger partial charge on any atom is -0.445 e. The largest absolute Gasteiger partial charge is 0.445 e. The number of rotatable bonds is 9. The third-order valence-corrected chi connectivity index (χ3v) is 4.28. The monoisotopic (exact) mass is 328 g/mol. The van der Waals surface area contributed by atoms with E-state index in [9.17, 15) is 13.2 Å². The van der Waals surface area contributed by atoms with Crippen LogP contribution in [0.3, 0.4) is 0 Å². The molecule has 124 valence electrons. The zero-order valence-electron chi connectivity index (χ0n) is 13.0. The van der Waals surface area contributed by atoms with E-state index in [0.29, 0.717) is 12.5 Å². The smallest absolute Gasteiger partial charge is 0.407 e. The molecule has 2 N–H and O–H groups in total. The molecule has 0 radical (unpaired) electrons. The normalized spacial score (nSPS) is 11.4. The van der Waals surface area contributed by atoms with Crippen LogP contribution in [0.4, 0.5) is 4.79 Å². The van der Waals surface area contributed by atoms with Crippen molar-refractivity contribution in [2.24, 2.45) is 5.92 Å². The lowest BCUT2D eigenvalue weighted by Gasteiger charge is -2.09. The molecule has 0 aliphatic heterocycles. The molecule has 0 aromatic heterocycles. The van der Waals surface area contributed by atoms with E-state index in [4.69, 9.17) is 4.74 Å². The predicted molar refractivity (Wildman–Crippen MR) is 85.9 cm³/mol. The summed E-state index contributed by atoms with van der Waals surface area (Å²) in [6, 6.07) is 9.27. The van der Waals surface area contributed by atoms with E-state index in [-0.39, 0.29) is 18.9 Å². The zero-order valence-corrected chi connectivity index (χ0v) is 13.9. The summed E-state index contributed by atoms with van der Waals surface area (Å²) in [6.07, 6.45) is 0.160. The Kier molecular flexibility index (Phi) is 7.90. The lowest BCUT2D eigenvalue weighted by atomic mass is 10.1. The maximum Gasteiger partial charge on any atom is 0.407 e. The SMILES string of the molecule is CC(C)CCNS(=O)(=O)CCNC(=O)OCc1ccccc1. The van der Waals surface area contributed by atoms with Gasteiger partial charge in [0.15, 0.2) is 0 Å². The number of alkyl carbamates (subject to hydrolysis) is 1. The Morgan fingerprint density at radius 1 is 1.18 bits per heavy atom. The maximum absolute atomic E-state index is 11.7. The lowest BCUT2D eigenvalue weighted by molar-refractivity contribution is 0.140. The van der Waals surface area contributed by atoms with Crippen LogP contribution in [-0.2, 0) is 21.4 Å². The number of carbonyl (C=O) groups is 1. The van der Waals surface area contributed by atoms with Gasteiger partial charge in [-0.2, -0.15) is 0 Å². The van der Waals surface area contributed by atoms with Gasteiger partial charge in [-0.1, -0.05) is 44.2 Å². The number of nitrogens with one attached hydrogen (secondary N) is 2. The molecule has 22 heavy (non-hydrogen) atoms. The fourth-order valence-corrected chi connectivity index (χ4v) is 2.58. The molecule has 1 aromatic carbocycles. The highest BCUT2D eigenvalue weighted by atomic mass is 32.2. The summed E-state index contributed by atoms with van der Waals surface area (Å²) in [6.45, 7) is 4.65. The van der Waals surface area contributed by atoms with Crippen LogP contribution in [0.15, 0.2) is 30.3 Å². The van der Waals surface area contributed by atoms with E-state index in [1.54, 1.807) is 0 Å². The van der Waals surface area contributed by atoms with Crippen LogP contribution >= 0.6 is 0 Å². The van der Waals surface area contributed by atoms with Crippen molar-refractivity contribution in [2.75, 3.05) is 18.8 Å². The quantitative estimate of drug-likeness (QED) is 0.725. The Bertz CT molecular complexity index is 544. The Hall–Kier alpha value is -1.60. The molecule has 0 saturated carbocycles. The Labute approximate surface area is 132 Å². The molecule has 1 aromatic rings. The van der Waals surface area contributed by atoms with Gasteiger partial charge in [0.2, 0.25) is 10.0 Å². The molecule has 0 spiro atoms. The third-order valence-electron chi connectivity index (χ3n) is 2.90. The first-order valence-electron chi connectivity index (χ1n) is 7.31. The van der Waals surface area contributed by atoms with Crippen LogP contribution in [0, 0.1) is 5.92 Å². The Morgan fingerprint density at radius 3 is 2.50 bits per heavy atom. The van der Waals surface area contributed by atoms with Crippen molar-refractivity contribution in [3.8, 4) is 0 Å². The van der Waals surface area contributed by atoms with Crippen LogP contribution in [0.2, 0.25) is 0 Å². The first kappa shape index (κ1) is 18.4. The van der Waals surface area contributed by atoms with Gasteiger partial charge in [0.05, 0.1) is 5.75 Å². The van der Waals surface area contributed by atoms with Crippen LogP contribution in [0.1, 0.15) is 25.8 Å². The summed E-state index contributed by atoms with van der Waals surface area (Å²) in [5.41, 5.74) is 0.876. The predicted octanol–water partition coefficient (Wildman–Crippen LogP) is 1.88. The number of amides is 1. The third kappa shape index (κ3) is 8.63. The molecular formula is C15H24N2O4S. The molecule has 0 heterocycles. The molecule has 0 aliphatic rings. The fourth-order valence-electron chi connectivity index (χ4n) is 1.64. The van der Waals surface area contributed by atoms with Gasteiger partial charge in [-0.05, 0) is 17.9 Å². The summed E-state index contributed by atoms with van der Waals surface area (Å²) >= 11 is 0. The molecule has 0 bridgehead atoms. The van der Waals surface area contributed by atoms with E-state index < -0.39 is 16.1 Å². The number of sulfonamides is 1. The molecule has 0 aliphatic carbocycles. The molecule has 6 nitrogen and oxygen atoms in total. The van der Waals surface area contributed by atoms with Gasteiger partial charge < -0.3 is 10.1 Å². The molecule has 0 atom stereocenters. The lowest BCUT2D eigenvalue weighted by Crippen LogP contribution is -2.35. The molecule has 0 fully saturated rings. The Morgan fingerprint density at radius 2 is 1.86 bits per heavy atom. The van der Waals surface area contributed by atoms with Crippen molar-refractivity contribution in [3.63, 3.8) is 0 Å². The average Bonchev–Trinajstić information content (AvgIpc) is 2.45. The first-order chi connectivity index (χ1) is 10.4. The van der Waals surface area contributed by atoms with Crippen LogP contribution < -0.4 is 10.0 Å². The van der Waals surface area contributed by atoms with E-state index in [2.05, 4.69) is 10.0 Å². The molecule has 1 rings (SSSR count). The number of ether oxygens (including phenoxy) is 1. The van der Waals surface area contributed by atoms with E-state index in [1.165, 1.54) is 0 Å². The van der Waals surface area contributed by atoms with Crippen molar-refractivity contribution >= 4 is 16.1 Å². The van der Waals surface area contributed by atoms with Gasteiger partial charge >= 0.3 is 6.09 Å². The van der Waals surface area contributed by atoms with E-state index in [0.717, 1.165) is 12.0 Å². The fraction of sp³-hybridized carbons (Fsp3) is 0.533. The van der Waals surface area contributed by atoms with Crippen molar-refractivity contribution < 1.29 is 17.9 Å². The number of benzene rings is 1. The number of hydrogen-bond donors (Lipinski definition) is 2. The van der Waals surface area contributed by atoms with E-state index in [1.807, 2.05) is 44.2 Å². The van der Waals surface area contributed by atoms with E-state index >= 15 is 0 Å². The highest BCUT2D eigenvalue weighted by Crippen LogP contribution is 2.00. The van der Waals surface area contributed by atoms with Gasteiger partial charge in [0.1, 0.15) is 6.61 Å². The Balaban J connectivity index is 2.18. The number of carbonyl (C=O) groups excluding carboxylic acids is 1. The van der Waals surface area contributed by atoms with Crippen LogP contribution in [0.5, 0.6) is 0 Å². The summed E-state index contributed by atoms with van der Waals surface area (Å²) < 4.78 is 30.8. The van der Waals surface area contributed by atoms with Gasteiger partial charge in [0.25, 0.3) is 0 Å². The minimum absolute atomic E-state index is 0.0185. The second-order valence-corrected chi connectivity index (χ2v) is 7.31. The van der Waals surface area contributed by atoms with Crippen molar-refractivity contribution in [1.82, 2.24) is 10.0 Å². The van der Waals surface area contributed by atoms with Gasteiger partial charge in [-0.3, -0.25) is 0 Å². The van der Waals surface area contributed by atoms with Crippen LogP contribution in [-0.4, -0.2) is 33.4 Å². The second kappa shape index (κ2) is 9.42. The highest BCUT2D eigenvalue weighted by Gasteiger charge is 2.11. The maximum atomic E-state index is 11.7. The van der Waals surface area contributed by atoms with Gasteiger partial charge in [0, 0.05) is 13.1 Å². The van der Waals surface area contributed by atoms with Crippen LogP contribution in [0.25, 0.3) is 0 Å². The number of hydrogen-bond acceptors (Lipinski definition) is 4. The van der Waals surface area contributed by atoms with Gasteiger partial charge in [-0.15, -0.1) is 0 Å². The summed E-state index contributed by atoms with van der Waals surface area (Å²) in [5, 5.41) is 2.43. The molecule has 1 amide bonds. The summed E-state index contributed by atoms with van der Waals surface area (Å²) in [5.74, 6) is 0.278. The standard InChI is InChI=1S/C15H24N2O4S/c1-13(2)8-9-17-22(19,20)11-10-16-15(18)21-12-14-6-4-3-5-7-14/h3-7,13,17H,8-12H2,1-2H3,(H,16,18). The topological polar surface area (TPSA) is 84.5 Å². The molecule has 7 heteroatoms. The molecule has 0 unspecified atom stereocenters. The first-order valence-corrected chi connectivity index (χ1v) is 8.96. The van der Waals surface area contributed by atoms with Crippen molar-refractivity contribution in [3.05, 3.63) is 35.9 Å².